The Morgan fingerprint density at radius 2 is 2.00 bits per heavy atom. The van der Waals surface area contributed by atoms with Gasteiger partial charge >= 0.3 is 5.97 Å². The van der Waals surface area contributed by atoms with Crippen LogP contribution in [0.3, 0.4) is 0 Å². The van der Waals surface area contributed by atoms with Crippen molar-refractivity contribution in [2.75, 3.05) is 0 Å². The molecule has 1 atom stereocenters. The summed E-state index contributed by atoms with van der Waals surface area (Å²) in [7, 11) is 0. The molecule has 1 heterocycles. The van der Waals surface area contributed by atoms with Gasteiger partial charge in [0.2, 0.25) is 0 Å². The lowest BCUT2D eigenvalue weighted by molar-refractivity contribution is -0.140. The molecular formula is C12H12N2O3. The van der Waals surface area contributed by atoms with Gasteiger partial charge in [0.1, 0.15) is 11.8 Å². The molecule has 17 heavy (non-hydrogen) atoms. The standard InChI is InChI=1S/C12H12N2O3/c1-8(12(16)17)14-7-13-6-11(14)9-2-4-10(15)5-3-9/h2-8,15H,1H3,(H,16,17). The number of carboxylic acids is 1. The van der Waals surface area contributed by atoms with Crippen LogP contribution in [-0.2, 0) is 4.79 Å². The van der Waals surface area contributed by atoms with Crippen LogP contribution in [0.2, 0.25) is 0 Å². The van der Waals surface area contributed by atoms with Gasteiger partial charge in [0.15, 0.2) is 0 Å². The highest BCUT2D eigenvalue weighted by Gasteiger charge is 2.16. The number of hydrogen-bond acceptors (Lipinski definition) is 3. The fraction of sp³-hybridized carbons (Fsp3) is 0.167. The molecular weight excluding hydrogens is 220 g/mol. The van der Waals surface area contributed by atoms with E-state index in [9.17, 15) is 9.90 Å². The first-order chi connectivity index (χ1) is 8.09. The highest BCUT2D eigenvalue weighted by atomic mass is 16.4. The van der Waals surface area contributed by atoms with Crippen LogP contribution >= 0.6 is 0 Å². The highest BCUT2D eigenvalue weighted by Crippen LogP contribution is 2.24. The van der Waals surface area contributed by atoms with Crippen molar-refractivity contribution in [1.29, 1.82) is 0 Å². The van der Waals surface area contributed by atoms with E-state index in [0.29, 0.717) is 5.69 Å². The van der Waals surface area contributed by atoms with Crippen molar-refractivity contribution in [2.24, 2.45) is 0 Å². The van der Waals surface area contributed by atoms with Crippen molar-refractivity contribution < 1.29 is 15.0 Å². The zero-order chi connectivity index (χ0) is 12.4. The predicted molar refractivity (Wildman–Crippen MR) is 61.7 cm³/mol. The lowest BCUT2D eigenvalue weighted by Crippen LogP contribution is -2.15. The number of imidazole rings is 1. The maximum absolute atomic E-state index is 10.9. The summed E-state index contributed by atoms with van der Waals surface area (Å²) in [5.74, 6) is -0.742. The number of phenolic OH excluding ortho intramolecular Hbond substituents is 1. The average Bonchev–Trinajstić information content (AvgIpc) is 2.77. The largest absolute Gasteiger partial charge is 0.508 e. The van der Waals surface area contributed by atoms with Crippen LogP contribution in [-0.4, -0.2) is 25.7 Å². The first-order valence-electron chi connectivity index (χ1n) is 5.13. The van der Waals surface area contributed by atoms with Gasteiger partial charge in [-0.25, -0.2) is 9.78 Å². The highest BCUT2D eigenvalue weighted by molar-refractivity contribution is 5.73. The molecule has 2 rings (SSSR count). The first-order valence-corrected chi connectivity index (χ1v) is 5.13. The van der Waals surface area contributed by atoms with E-state index in [1.807, 2.05) is 0 Å². The number of hydrogen-bond donors (Lipinski definition) is 2. The number of rotatable bonds is 3. The van der Waals surface area contributed by atoms with Gasteiger partial charge in [-0.3, -0.25) is 0 Å². The second-order valence-corrected chi connectivity index (χ2v) is 3.75. The summed E-state index contributed by atoms with van der Waals surface area (Å²) in [6.07, 6.45) is 3.09. The minimum absolute atomic E-state index is 0.172. The molecule has 1 aromatic carbocycles. The van der Waals surface area contributed by atoms with Crippen LogP contribution in [0.15, 0.2) is 36.8 Å². The molecule has 0 bridgehead atoms. The van der Waals surface area contributed by atoms with E-state index in [1.165, 1.54) is 6.33 Å². The third kappa shape index (κ3) is 2.13. The number of carboxylic acid groups (broad SMARTS) is 1. The number of benzene rings is 1. The van der Waals surface area contributed by atoms with Gasteiger partial charge in [-0.1, -0.05) is 0 Å². The summed E-state index contributed by atoms with van der Waals surface area (Å²) in [5.41, 5.74) is 1.52. The minimum Gasteiger partial charge on any atom is -0.508 e. The van der Waals surface area contributed by atoms with Crippen LogP contribution in [0.25, 0.3) is 11.3 Å². The Labute approximate surface area is 98.0 Å². The maximum atomic E-state index is 10.9. The van der Waals surface area contributed by atoms with Crippen molar-refractivity contribution in [1.82, 2.24) is 9.55 Å². The molecule has 88 valence electrons. The fourth-order valence-electron chi connectivity index (χ4n) is 1.59. The Kier molecular flexibility index (Phi) is 2.82. The summed E-state index contributed by atoms with van der Waals surface area (Å²) < 4.78 is 1.58. The first kappa shape index (κ1) is 11.2. The third-order valence-corrected chi connectivity index (χ3v) is 2.60. The Morgan fingerprint density at radius 1 is 1.35 bits per heavy atom. The monoisotopic (exact) mass is 232 g/mol. The second-order valence-electron chi connectivity index (χ2n) is 3.75. The average molecular weight is 232 g/mol. The number of aromatic hydroxyl groups is 1. The Hall–Kier alpha value is -2.30. The number of aliphatic carboxylic acids is 1. The zero-order valence-corrected chi connectivity index (χ0v) is 9.24. The molecule has 0 aliphatic rings. The van der Waals surface area contributed by atoms with Crippen LogP contribution in [0.4, 0.5) is 0 Å². The number of phenols is 1. The molecule has 5 nitrogen and oxygen atoms in total. The minimum atomic E-state index is -0.914. The van der Waals surface area contributed by atoms with Crippen molar-refractivity contribution in [3.8, 4) is 17.0 Å². The fourth-order valence-corrected chi connectivity index (χ4v) is 1.59. The van der Waals surface area contributed by atoms with Crippen LogP contribution < -0.4 is 0 Å². The van der Waals surface area contributed by atoms with E-state index in [2.05, 4.69) is 4.98 Å². The van der Waals surface area contributed by atoms with Gasteiger partial charge in [-0.2, -0.15) is 0 Å². The smallest absolute Gasteiger partial charge is 0.326 e. The molecule has 0 aliphatic carbocycles. The van der Waals surface area contributed by atoms with E-state index >= 15 is 0 Å². The molecule has 1 unspecified atom stereocenters. The SMILES string of the molecule is CC(C(=O)O)n1cncc1-c1ccc(O)cc1. The van der Waals surface area contributed by atoms with E-state index in [0.717, 1.165) is 5.56 Å². The Balaban J connectivity index is 2.43. The van der Waals surface area contributed by atoms with Crippen molar-refractivity contribution in [3.63, 3.8) is 0 Å². The molecule has 0 amide bonds. The molecule has 0 aliphatic heterocycles. The van der Waals surface area contributed by atoms with Crippen molar-refractivity contribution >= 4 is 5.97 Å². The molecule has 5 heteroatoms. The van der Waals surface area contributed by atoms with Gasteiger partial charge in [0.25, 0.3) is 0 Å². The van der Waals surface area contributed by atoms with E-state index in [-0.39, 0.29) is 5.75 Å². The molecule has 2 aromatic rings. The van der Waals surface area contributed by atoms with E-state index in [1.54, 1.807) is 42.0 Å². The van der Waals surface area contributed by atoms with Crippen LogP contribution in [0.1, 0.15) is 13.0 Å². The summed E-state index contributed by atoms with van der Waals surface area (Å²) >= 11 is 0. The predicted octanol–water partition coefficient (Wildman–Crippen LogP) is 1.90. The van der Waals surface area contributed by atoms with Gasteiger partial charge in [-0.15, -0.1) is 0 Å². The maximum Gasteiger partial charge on any atom is 0.326 e. The van der Waals surface area contributed by atoms with E-state index in [4.69, 9.17) is 5.11 Å². The van der Waals surface area contributed by atoms with Gasteiger partial charge in [0, 0.05) is 5.56 Å². The third-order valence-electron chi connectivity index (χ3n) is 2.60. The molecule has 0 saturated heterocycles. The molecule has 0 radical (unpaired) electrons. The zero-order valence-electron chi connectivity index (χ0n) is 9.24. The Bertz CT molecular complexity index is 531. The summed E-state index contributed by atoms with van der Waals surface area (Å²) in [6, 6.07) is 5.87. The molecule has 2 N–H and O–H groups in total. The normalized spacial score (nSPS) is 12.3. The topological polar surface area (TPSA) is 75.3 Å². The molecule has 0 spiro atoms. The van der Waals surface area contributed by atoms with Gasteiger partial charge < -0.3 is 14.8 Å². The summed E-state index contributed by atoms with van der Waals surface area (Å²) in [4.78, 5) is 14.9. The van der Waals surface area contributed by atoms with Crippen LogP contribution in [0, 0.1) is 0 Å². The quantitative estimate of drug-likeness (QED) is 0.847. The van der Waals surface area contributed by atoms with Gasteiger partial charge in [0.05, 0.1) is 18.2 Å². The molecule has 1 aromatic heterocycles. The van der Waals surface area contributed by atoms with Crippen LogP contribution in [0.5, 0.6) is 5.75 Å². The number of aromatic nitrogens is 2. The summed E-state index contributed by atoms with van der Waals surface area (Å²) in [6.45, 7) is 1.59. The molecule has 0 fully saturated rings. The number of nitrogens with zero attached hydrogens (tertiary/aromatic N) is 2. The lowest BCUT2D eigenvalue weighted by Gasteiger charge is -2.12. The lowest BCUT2D eigenvalue weighted by atomic mass is 10.1. The number of carbonyl (C=O) groups is 1. The van der Waals surface area contributed by atoms with E-state index < -0.39 is 12.0 Å². The Morgan fingerprint density at radius 3 is 2.59 bits per heavy atom. The molecule has 0 saturated carbocycles. The van der Waals surface area contributed by atoms with Gasteiger partial charge in [-0.05, 0) is 31.2 Å². The summed E-state index contributed by atoms with van der Waals surface area (Å²) in [5, 5.41) is 18.2. The van der Waals surface area contributed by atoms with Crippen molar-refractivity contribution in [3.05, 3.63) is 36.8 Å². The van der Waals surface area contributed by atoms with Crippen molar-refractivity contribution in [2.45, 2.75) is 13.0 Å². The second kappa shape index (κ2) is 4.29.